The number of carbonyl (C=O) groups excluding carboxylic acids is 1. The Morgan fingerprint density at radius 1 is 0.333 bits per heavy atom. The summed E-state index contributed by atoms with van der Waals surface area (Å²) in [5, 5.41) is 0. The number of carbonyl (C=O) groups is 1. The van der Waals surface area contributed by atoms with Crippen LogP contribution >= 0.6 is 0 Å². The predicted molar refractivity (Wildman–Crippen MR) is 417 cm³/mol. The third kappa shape index (κ3) is 26.6. The Morgan fingerprint density at radius 3 is 0.796 bits per heavy atom. The lowest BCUT2D eigenvalue weighted by molar-refractivity contribution is -0.157. The molecule has 18 nitrogen and oxygen atoms in total. The average molecular weight is 1530 g/mol. The minimum atomic E-state index is -4.30. The monoisotopic (exact) mass is 1530 g/mol. The van der Waals surface area contributed by atoms with Crippen molar-refractivity contribution in [2.45, 2.75) is 146 Å². The summed E-state index contributed by atoms with van der Waals surface area (Å²) >= 11 is 0. The number of pyridine rings is 4. The number of rotatable bonds is 24. The molecule has 0 aliphatic rings. The highest BCUT2D eigenvalue weighted by Gasteiger charge is 2.31. The van der Waals surface area contributed by atoms with Crippen molar-refractivity contribution in [1.29, 1.82) is 0 Å². The van der Waals surface area contributed by atoms with Crippen LogP contribution in [0.2, 0.25) is 0 Å². The standard InChI is InChI=1S/C36H35N2O5S.C34H33N2O3S.2C8H10O3S/c1-36(2,3)43-35(39)26-42-31-8-14-34(15-9-31)44(32-10-4-29(5-11-32)40-24-27-16-20-37-21-17-27)33-12-6-30(7-13-33)41-25-28-18-22-38-23-19-28;1-34(2,3)39-30-8-14-33(15-9-30)40(31-10-4-28(5-11-31)37-24-26-16-20-35-21-17-26)32-12-6-29(7-13-32)38-25-27-18-22-36-23-19-27;2*1-6-3-4-8(7(2)5-6)12(9,10)11/h4-23H,24-26H2,1-3H3;4-23H,24-25H2,1-3H3;2*3-5H,1-2H3,(H,9,10,11)/q2*+1;;/p-2. The Hall–Kier alpha value is -10.9. The first-order chi connectivity index (χ1) is 51.6. The second-order valence-corrected chi connectivity index (χ2v) is 33.3. The van der Waals surface area contributed by atoms with Crippen LogP contribution in [-0.2, 0) is 78.0 Å². The molecule has 22 heteroatoms. The summed E-state index contributed by atoms with van der Waals surface area (Å²) in [5.41, 5.74) is 6.38. The molecule has 0 saturated heterocycles. The van der Waals surface area contributed by atoms with E-state index in [2.05, 4.69) is 114 Å². The number of aromatic nitrogens is 4. The van der Waals surface area contributed by atoms with Gasteiger partial charge in [-0.2, -0.15) is 0 Å². The molecular weight excluding hydrogens is 1440 g/mol. The normalized spacial score (nSPS) is 11.3. The molecule has 8 aromatic carbocycles. The average Bonchev–Trinajstić information content (AvgIpc) is 0.814. The van der Waals surface area contributed by atoms with E-state index in [1.54, 1.807) is 87.7 Å². The molecular formula is C86H86N4O14S4. The fourth-order valence-electron chi connectivity index (χ4n) is 10.4. The highest BCUT2D eigenvalue weighted by Crippen LogP contribution is 2.37. The van der Waals surface area contributed by atoms with Crippen LogP contribution in [0.4, 0.5) is 0 Å². The Morgan fingerprint density at radius 2 is 0.574 bits per heavy atom. The van der Waals surface area contributed by atoms with Crippen molar-refractivity contribution in [2.24, 2.45) is 0 Å². The smallest absolute Gasteiger partial charge is 0.344 e. The van der Waals surface area contributed by atoms with E-state index in [-0.39, 0.29) is 32.9 Å². The zero-order valence-electron chi connectivity index (χ0n) is 61.7. The van der Waals surface area contributed by atoms with E-state index >= 15 is 0 Å². The van der Waals surface area contributed by atoms with Crippen molar-refractivity contribution in [3.05, 3.63) is 325 Å². The Balaban J connectivity index is 0.000000191. The molecule has 108 heavy (non-hydrogen) atoms. The van der Waals surface area contributed by atoms with Crippen LogP contribution in [0.1, 0.15) is 86.1 Å². The number of hydrogen-bond donors (Lipinski definition) is 0. The van der Waals surface area contributed by atoms with Gasteiger partial charge in [0.25, 0.3) is 0 Å². The number of aryl methyl sites for hydroxylation is 4. The summed E-state index contributed by atoms with van der Waals surface area (Å²) in [4.78, 5) is 35.1. The Labute approximate surface area is 639 Å². The maximum Gasteiger partial charge on any atom is 0.344 e. The van der Waals surface area contributed by atoms with Crippen LogP contribution in [0.3, 0.4) is 0 Å². The van der Waals surface area contributed by atoms with Crippen molar-refractivity contribution in [2.75, 3.05) is 6.61 Å². The van der Waals surface area contributed by atoms with Crippen molar-refractivity contribution in [1.82, 2.24) is 19.9 Å². The molecule has 4 aromatic heterocycles. The summed E-state index contributed by atoms with van der Waals surface area (Å²) in [6.07, 6.45) is 14.2. The van der Waals surface area contributed by atoms with Gasteiger partial charge in [-0.15, -0.1) is 0 Å². The fourth-order valence-corrected chi connectivity index (χ4v) is 15.9. The minimum absolute atomic E-state index is 0.131. The largest absolute Gasteiger partial charge is 0.744 e. The van der Waals surface area contributed by atoms with Crippen molar-refractivity contribution < 1.29 is 63.9 Å². The van der Waals surface area contributed by atoms with E-state index in [4.69, 9.17) is 33.2 Å². The Bertz CT molecular complexity index is 4770. The van der Waals surface area contributed by atoms with Gasteiger partial charge in [0.1, 0.15) is 92.4 Å². The molecule has 0 N–H and O–H groups in total. The SMILES string of the molecule is CC(C)(C)OC(=O)COc1ccc([S+](c2ccc(OCc3ccncc3)cc2)c2ccc(OCc3ccncc3)cc2)cc1.CC(C)(C)Oc1ccc([S+](c2ccc(OCc3ccncc3)cc2)c2ccc(OCc3ccncc3)cc2)cc1.Cc1ccc(S(=O)(=O)[O-])c(C)c1.Cc1ccc(S(=O)(=O)[O-])c(C)c1. The summed E-state index contributed by atoms with van der Waals surface area (Å²) in [5.74, 6) is 4.30. The molecule has 0 saturated carbocycles. The first kappa shape index (κ1) is 81.2. The van der Waals surface area contributed by atoms with E-state index in [0.29, 0.717) is 43.3 Å². The second-order valence-electron chi connectivity index (χ2n) is 26.6. The molecule has 0 bridgehead atoms. The van der Waals surface area contributed by atoms with Gasteiger partial charge < -0.3 is 42.3 Å². The number of ether oxygens (including phenoxy) is 7. The quantitative estimate of drug-likeness (QED) is 0.0310. The van der Waals surface area contributed by atoms with E-state index in [0.717, 1.165) is 76.8 Å². The van der Waals surface area contributed by atoms with E-state index in [1.807, 2.05) is 156 Å². The first-order valence-electron chi connectivity index (χ1n) is 34.3. The second kappa shape index (κ2) is 38.6. The van der Waals surface area contributed by atoms with Gasteiger partial charge in [-0.05, 0) is 309 Å². The molecule has 558 valence electrons. The van der Waals surface area contributed by atoms with Gasteiger partial charge in [0.05, 0.1) is 31.6 Å². The van der Waals surface area contributed by atoms with Crippen molar-refractivity contribution >= 4 is 48.0 Å². The van der Waals surface area contributed by atoms with Crippen molar-refractivity contribution in [3.63, 3.8) is 0 Å². The lowest BCUT2D eigenvalue weighted by Gasteiger charge is -2.21. The maximum absolute atomic E-state index is 12.1. The molecule has 0 fully saturated rings. The van der Waals surface area contributed by atoms with Gasteiger partial charge in [-0.25, -0.2) is 21.6 Å². The molecule has 0 radical (unpaired) electrons. The summed E-state index contributed by atoms with van der Waals surface area (Å²) in [7, 11) is -9.35. The Kier molecular flexibility index (Phi) is 29.0. The number of hydrogen-bond acceptors (Lipinski definition) is 18. The van der Waals surface area contributed by atoms with Gasteiger partial charge in [-0.3, -0.25) is 19.9 Å². The number of nitrogens with zero attached hydrogens (tertiary/aromatic N) is 4. The molecule has 12 aromatic rings. The van der Waals surface area contributed by atoms with E-state index in [9.17, 15) is 30.7 Å². The minimum Gasteiger partial charge on any atom is -0.744 e. The zero-order chi connectivity index (χ0) is 77.3. The van der Waals surface area contributed by atoms with Gasteiger partial charge >= 0.3 is 5.97 Å². The van der Waals surface area contributed by atoms with Crippen LogP contribution in [0.15, 0.2) is 319 Å². The third-order valence-electron chi connectivity index (χ3n) is 15.4. The van der Waals surface area contributed by atoms with Crippen molar-refractivity contribution in [3.8, 4) is 34.5 Å². The lowest BCUT2D eigenvalue weighted by atomic mass is 10.2. The summed E-state index contributed by atoms with van der Waals surface area (Å²) < 4.78 is 105. The lowest BCUT2D eigenvalue weighted by Crippen LogP contribution is -2.27. The number of esters is 1. The molecule has 0 spiro atoms. The fraction of sp³-hybridized carbons (Fsp3) is 0.198. The summed E-state index contributed by atoms with van der Waals surface area (Å²) in [6, 6.07) is 74.3. The third-order valence-corrected chi connectivity index (χ3v) is 21.8. The van der Waals surface area contributed by atoms with E-state index in [1.165, 1.54) is 26.8 Å². The molecule has 0 atom stereocenters. The van der Waals surface area contributed by atoms with Crippen LogP contribution in [-0.4, -0.2) is 69.7 Å². The van der Waals surface area contributed by atoms with Crippen LogP contribution < -0.4 is 28.4 Å². The predicted octanol–water partition coefficient (Wildman–Crippen LogP) is 17.8. The van der Waals surface area contributed by atoms with Crippen LogP contribution in [0.25, 0.3) is 0 Å². The number of benzene rings is 8. The molecule has 0 amide bonds. The molecule has 4 heterocycles. The topological polar surface area (TPSA) is 248 Å². The zero-order valence-corrected chi connectivity index (χ0v) is 65.0. The molecule has 0 unspecified atom stereocenters. The van der Waals surface area contributed by atoms with Gasteiger partial charge in [0.2, 0.25) is 0 Å². The molecule has 0 aliphatic heterocycles. The van der Waals surface area contributed by atoms with Gasteiger partial charge in [0, 0.05) is 49.6 Å². The van der Waals surface area contributed by atoms with Crippen LogP contribution in [0, 0.1) is 27.7 Å². The molecule has 0 aliphatic carbocycles. The van der Waals surface area contributed by atoms with Gasteiger partial charge in [-0.1, -0.05) is 35.4 Å². The first-order valence-corrected chi connectivity index (χ1v) is 39.6. The highest BCUT2D eigenvalue weighted by molar-refractivity contribution is 7.97. The summed E-state index contributed by atoms with van der Waals surface area (Å²) in [6.45, 7) is 20.4. The molecule has 12 rings (SSSR count). The van der Waals surface area contributed by atoms with E-state index < -0.39 is 42.7 Å². The highest BCUT2D eigenvalue weighted by atomic mass is 32.2. The maximum atomic E-state index is 12.1. The van der Waals surface area contributed by atoms with Crippen LogP contribution in [0.5, 0.6) is 34.5 Å². The van der Waals surface area contributed by atoms with Gasteiger partial charge in [0.15, 0.2) is 36.0 Å².